The Kier molecular flexibility index (Phi) is 5.01. The molecule has 2 heterocycles. The predicted molar refractivity (Wildman–Crippen MR) is 112 cm³/mol. The maximum absolute atomic E-state index is 11.5. The van der Waals surface area contributed by atoms with Gasteiger partial charge in [0.1, 0.15) is 16.7 Å². The number of fused-ring (bicyclic) bond motifs is 1. The minimum Gasteiger partial charge on any atom is -0.593 e. The fraction of sp³-hybridized carbons (Fsp3) is 0.100. The number of aromatic nitrogens is 3. The summed E-state index contributed by atoms with van der Waals surface area (Å²) in [6.07, 6.45) is 2.77. The molecule has 0 radical (unpaired) electrons. The first-order chi connectivity index (χ1) is 13.9. The second-order valence-electron chi connectivity index (χ2n) is 6.57. The van der Waals surface area contributed by atoms with Crippen LogP contribution in [0.4, 0.5) is 17.2 Å². The standard InChI is InChI=1S/C20H19N5O3S/c1-29(27,28)24-17-7-3-6-16(11-17)22-20-12-21-19-9-8-18(23-25(19)20)15-5-2-4-14(10-15)13-26/h2-12,22,26H,13H2,1H3,(H-,24,27,28). The number of rotatable bonds is 6. The summed E-state index contributed by atoms with van der Waals surface area (Å²) in [6, 6.07) is 18.2. The Bertz CT molecular complexity index is 1220. The number of nitrogens with one attached hydrogen (secondary N) is 2. The van der Waals surface area contributed by atoms with Gasteiger partial charge >= 0.3 is 0 Å². The third kappa shape index (κ3) is 4.43. The van der Waals surface area contributed by atoms with Gasteiger partial charge in [-0.15, -0.1) is 0 Å². The maximum atomic E-state index is 11.5. The molecule has 0 fully saturated rings. The molecule has 2 aromatic carbocycles. The Morgan fingerprint density at radius 2 is 1.90 bits per heavy atom. The quantitative estimate of drug-likeness (QED) is 0.421. The molecule has 29 heavy (non-hydrogen) atoms. The number of imidazole rings is 1. The van der Waals surface area contributed by atoms with Gasteiger partial charge in [0.05, 0.1) is 24.2 Å². The molecule has 0 spiro atoms. The number of hydrogen-bond donors (Lipinski definition) is 3. The molecular weight excluding hydrogens is 390 g/mol. The first kappa shape index (κ1) is 19.1. The van der Waals surface area contributed by atoms with Gasteiger partial charge in [-0.2, -0.15) is 9.61 Å². The van der Waals surface area contributed by atoms with E-state index in [-0.39, 0.29) is 6.61 Å². The van der Waals surface area contributed by atoms with Gasteiger partial charge in [-0.25, -0.2) is 9.71 Å². The number of nitrogens with zero attached hydrogens (tertiary/aromatic N) is 3. The van der Waals surface area contributed by atoms with Crippen LogP contribution >= 0.6 is 0 Å². The highest BCUT2D eigenvalue weighted by molar-refractivity contribution is 7.98. The lowest BCUT2D eigenvalue weighted by molar-refractivity contribution is 0.282. The highest BCUT2D eigenvalue weighted by atomic mass is 32.3. The molecule has 0 aliphatic carbocycles. The lowest BCUT2D eigenvalue weighted by Gasteiger charge is -2.12. The summed E-state index contributed by atoms with van der Waals surface area (Å²) in [5, 5.41) is 17.2. The SMILES string of the molecule is C[S+](=O)([O-])Nc1cccc(Nc2cnc3ccc(-c4cccc(CO)c4)nn23)c1. The first-order valence-electron chi connectivity index (χ1n) is 8.81. The zero-order valence-electron chi connectivity index (χ0n) is 15.6. The smallest absolute Gasteiger partial charge is 0.155 e. The summed E-state index contributed by atoms with van der Waals surface area (Å²) in [5.41, 5.74) is 4.25. The Morgan fingerprint density at radius 3 is 2.69 bits per heavy atom. The zero-order valence-corrected chi connectivity index (χ0v) is 16.4. The van der Waals surface area contributed by atoms with Crippen molar-refractivity contribution in [2.45, 2.75) is 6.61 Å². The van der Waals surface area contributed by atoms with Crippen LogP contribution in [0.3, 0.4) is 0 Å². The number of hydrogen-bond acceptors (Lipinski definition) is 6. The van der Waals surface area contributed by atoms with Crippen molar-refractivity contribution in [3.63, 3.8) is 0 Å². The lowest BCUT2D eigenvalue weighted by atomic mass is 10.1. The molecule has 9 heteroatoms. The van der Waals surface area contributed by atoms with E-state index in [1.165, 1.54) is 0 Å². The fourth-order valence-electron chi connectivity index (χ4n) is 2.96. The van der Waals surface area contributed by atoms with E-state index in [0.717, 1.165) is 23.1 Å². The molecular formula is C20H19N5O3S. The Hall–Kier alpha value is -3.27. The predicted octanol–water partition coefficient (Wildman–Crippen LogP) is 3.22. The number of benzene rings is 2. The average Bonchev–Trinajstić information content (AvgIpc) is 3.09. The van der Waals surface area contributed by atoms with Crippen molar-refractivity contribution in [3.8, 4) is 11.3 Å². The summed E-state index contributed by atoms with van der Waals surface area (Å²) < 4.78 is 27.0. The summed E-state index contributed by atoms with van der Waals surface area (Å²) >= 11 is 0. The Labute approximate surface area is 168 Å². The number of anilines is 3. The van der Waals surface area contributed by atoms with Gasteiger partial charge in [0, 0.05) is 11.3 Å². The molecule has 1 unspecified atom stereocenters. The van der Waals surface area contributed by atoms with E-state index in [1.54, 1.807) is 28.9 Å². The van der Waals surface area contributed by atoms with Gasteiger partial charge in [0.15, 0.2) is 11.5 Å². The molecule has 4 aromatic rings. The van der Waals surface area contributed by atoms with Crippen LogP contribution in [0.25, 0.3) is 16.9 Å². The number of sulfonamides is 1. The van der Waals surface area contributed by atoms with Crippen molar-refractivity contribution < 1.29 is 13.9 Å². The number of aliphatic hydroxyl groups excluding tert-OH is 1. The minimum absolute atomic E-state index is 0.0359. The third-order valence-electron chi connectivity index (χ3n) is 4.21. The summed E-state index contributed by atoms with van der Waals surface area (Å²) in [4.78, 5) is 4.35. The molecule has 0 saturated carbocycles. The van der Waals surface area contributed by atoms with E-state index in [0.29, 0.717) is 22.8 Å². The van der Waals surface area contributed by atoms with Crippen LogP contribution in [-0.2, 0) is 21.2 Å². The fourth-order valence-corrected chi connectivity index (χ4v) is 3.52. The van der Waals surface area contributed by atoms with Gasteiger partial charge in [-0.05, 0) is 42.0 Å². The van der Waals surface area contributed by atoms with Crippen LogP contribution in [0, 0.1) is 0 Å². The molecule has 0 saturated heterocycles. The highest BCUT2D eigenvalue weighted by Gasteiger charge is 2.10. The van der Waals surface area contributed by atoms with Crippen LogP contribution in [-0.4, -0.2) is 30.5 Å². The van der Waals surface area contributed by atoms with Crippen molar-refractivity contribution >= 4 is 33.2 Å². The van der Waals surface area contributed by atoms with Gasteiger partial charge in [0.2, 0.25) is 0 Å². The van der Waals surface area contributed by atoms with Gasteiger partial charge < -0.3 is 15.0 Å². The second kappa shape index (κ2) is 7.63. The first-order valence-corrected chi connectivity index (χ1v) is 10.7. The van der Waals surface area contributed by atoms with Gasteiger partial charge in [-0.3, -0.25) is 0 Å². The molecule has 1 atom stereocenters. The van der Waals surface area contributed by atoms with E-state index >= 15 is 0 Å². The van der Waals surface area contributed by atoms with Crippen LogP contribution < -0.4 is 10.0 Å². The van der Waals surface area contributed by atoms with Crippen molar-refractivity contribution in [3.05, 3.63) is 72.4 Å². The molecule has 0 bridgehead atoms. The highest BCUT2D eigenvalue weighted by Crippen LogP contribution is 2.24. The summed E-state index contributed by atoms with van der Waals surface area (Å²) in [6.45, 7) is -0.0359. The van der Waals surface area contributed by atoms with Crippen LogP contribution in [0.2, 0.25) is 0 Å². The normalized spacial score (nSPS) is 13.2. The number of aliphatic hydroxyl groups is 1. The molecule has 0 amide bonds. The van der Waals surface area contributed by atoms with Crippen LogP contribution in [0.15, 0.2) is 66.9 Å². The van der Waals surface area contributed by atoms with E-state index in [1.807, 2.05) is 42.5 Å². The minimum atomic E-state index is -3.36. The largest absolute Gasteiger partial charge is 0.593 e. The second-order valence-corrected chi connectivity index (χ2v) is 8.32. The topological polar surface area (TPSA) is 115 Å². The third-order valence-corrected chi connectivity index (χ3v) is 4.81. The monoisotopic (exact) mass is 409 g/mol. The van der Waals surface area contributed by atoms with Gasteiger partial charge in [-0.1, -0.05) is 28.5 Å². The molecule has 0 aliphatic heterocycles. The Balaban J connectivity index is 1.66. The van der Waals surface area contributed by atoms with Crippen molar-refractivity contribution in [2.75, 3.05) is 16.3 Å². The zero-order chi connectivity index (χ0) is 20.4. The van der Waals surface area contributed by atoms with Crippen LogP contribution in [0.5, 0.6) is 0 Å². The molecule has 2 aromatic heterocycles. The Morgan fingerprint density at radius 1 is 1.10 bits per heavy atom. The summed E-state index contributed by atoms with van der Waals surface area (Å²) in [5.74, 6) is 0.636. The van der Waals surface area contributed by atoms with Crippen molar-refractivity contribution in [1.82, 2.24) is 14.6 Å². The molecule has 148 valence electrons. The lowest BCUT2D eigenvalue weighted by Crippen LogP contribution is -2.17. The average molecular weight is 409 g/mol. The summed E-state index contributed by atoms with van der Waals surface area (Å²) in [7, 11) is -3.36. The van der Waals surface area contributed by atoms with Crippen molar-refractivity contribution in [1.29, 1.82) is 0 Å². The maximum Gasteiger partial charge on any atom is 0.155 e. The molecule has 8 nitrogen and oxygen atoms in total. The van der Waals surface area contributed by atoms with E-state index in [9.17, 15) is 13.9 Å². The van der Waals surface area contributed by atoms with E-state index < -0.39 is 10.4 Å². The van der Waals surface area contributed by atoms with Crippen LogP contribution in [0.1, 0.15) is 5.56 Å². The van der Waals surface area contributed by atoms with E-state index in [4.69, 9.17) is 0 Å². The van der Waals surface area contributed by atoms with Gasteiger partial charge in [0.25, 0.3) is 0 Å². The van der Waals surface area contributed by atoms with E-state index in [2.05, 4.69) is 20.1 Å². The van der Waals surface area contributed by atoms with Crippen molar-refractivity contribution in [2.24, 2.45) is 0 Å². The molecule has 4 rings (SSSR count). The molecule has 3 N–H and O–H groups in total. The molecule has 0 aliphatic rings.